The number of ether oxygens (including phenoxy) is 1. The molecule has 0 saturated carbocycles. The van der Waals surface area contributed by atoms with Crippen molar-refractivity contribution < 1.29 is 22.7 Å². The maximum Gasteiger partial charge on any atom is 0.392 e. The number of hydrogen-bond acceptors (Lipinski definition) is 2. The van der Waals surface area contributed by atoms with Crippen LogP contribution in [0, 0.1) is 5.92 Å². The summed E-state index contributed by atoms with van der Waals surface area (Å²) >= 11 is 15.7. The number of halogens is 6. The lowest BCUT2D eigenvalue weighted by Crippen LogP contribution is -2.25. The van der Waals surface area contributed by atoms with Crippen molar-refractivity contribution in [3.63, 3.8) is 0 Å². The molecule has 0 spiro atoms. The lowest BCUT2D eigenvalue weighted by atomic mass is 10.1. The van der Waals surface area contributed by atoms with E-state index >= 15 is 0 Å². The highest BCUT2D eigenvalue weighted by Gasteiger charge is 2.37. The second kappa shape index (κ2) is 5.46. The SMILES string of the molecule is C[C@@H](CC(=O)OCC(Cl)(Cl)Cl)C(F)(F)F. The zero-order chi connectivity index (χ0) is 12.3. The molecule has 0 amide bonds. The van der Waals surface area contributed by atoms with Gasteiger partial charge in [-0.05, 0) is 0 Å². The van der Waals surface area contributed by atoms with Crippen LogP contribution in [0.3, 0.4) is 0 Å². The van der Waals surface area contributed by atoms with Crippen LogP contribution < -0.4 is 0 Å². The average Bonchev–Trinajstić information content (AvgIpc) is 1.97. The fraction of sp³-hybridized carbons (Fsp3) is 0.857. The normalized spacial score (nSPS) is 14.9. The Kier molecular flexibility index (Phi) is 5.50. The first-order chi connectivity index (χ1) is 6.52. The number of esters is 1. The Morgan fingerprint density at radius 1 is 1.33 bits per heavy atom. The summed E-state index contributed by atoms with van der Waals surface area (Å²) in [5.41, 5.74) is 0. The molecule has 0 N–H and O–H groups in total. The van der Waals surface area contributed by atoms with Crippen molar-refractivity contribution in [3.05, 3.63) is 0 Å². The first kappa shape index (κ1) is 15.1. The lowest BCUT2D eigenvalue weighted by molar-refractivity contribution is -0.180. The summed E-state index contributed by atoms with van der Waals surface area (Å²) in [5.74, 6) is -2.83. The maximum atomic E-state index is 12.0. The Labute approximate surface area is 99.6 Å². The van der Waals surface area contributed by atoms with Crippen LogP contribution >= 0.6 is 34.8 Å². The summed E-state index contributed by atoms with van der Waals surface area (Å²) in [6.07, 6.45) is -5.22. The quantitative estimate of drug-likeness (QED) is 0.587. The van der Waals surface area contributed by atoms with Gasteiger partial charge in [0.1, 0.15) is 6.61 Å². The summed E-state index contributed by atoms with van der Waals surface area (Å²) in [7, 11) is 0. The van der Waals surface area contributed by atoms with Gasteiger partial charge in [-0.1, -0.05) is 41.7 Å². The molecule has 15 heavy (non-hydrogen) atoms. The molecule has 0 aliphatic heterocycles. The van der Waals surface area contributed by atoms with Crippen LogP contribution in [0.4, 0.5) is 13.2 Å². The number of carbonyl (C=O) groups excluding carboxylic acids is 1. The molecule has 0 aromatic heterocycles. The molecule has 0 unspecified atom stereocenters. The summed E-state index contributed by atoms with van der Waals surface area (Å²) in [4.78, 5) is 10.8. The minimum atomic E-state index is -4.43. The van der Waals surface area contributed by atoms with Gasteiger partial charge in [0.05, 0.1) is 12.3 Å². The minimum absolute atomic E-state index is 0.568. The zero-order valence-electron chi connectivity index (χ0n) is 7.58. The second-order valence-corrected chi connectivity index (χ2v) is 5.44. The first-order valence-corrected chi connectivity index (χ1v) is 4.95. The predicted octanol–water partition coefficient (Wildman–Crippen LogP) is 3.49. The van der Waals surface area contributed by atoms with Crippen molar-refractivity contribution in [2.45, 2.75) is 23.3 Å². The molecule has 0 aliphatic rings. The summed E-state index contributed by atoms with van der Waals surface area (Å²) < 4.78 is 38.5. The highest BCUT2D eigenvalue weighted by molar-refractivity contribution is 6.67. The molecule has 0 aromatic carbocycles. The third-order valence-electron chi connectivity index (χ3n) is 1.43. The molecule has 0 rings (SSSR count). The zero-order valence-corrected chi connectivity index (χ0v) is 9.84. The molecule has 0 heterocycles. The molecular formula is C7H8Cl3F3O2. The summed E-state index contributed by atoms with van der Waals surface area (Å²) in [5, 5.41) is 0. The molecule has 0 bridgehead atoms. The smallest absolute Gasteiger partial charge is 0.392 e. The van der Waals surface area contributed by atoms with E-state index in [1.807, 2.05) is 0 Å². The minimum Gasteiger partial charge on any atom is -0.461 e. The molecular weight excluding hydrogens is 279 g/mol. The Morgan fingerprint density at radius 3 is 2.13 bits per heavy atom. The number of carbonyl (C=O) groups is 1. The van der Waals surface area contributed by atoms with Crippen molar-refractivity contribution in [2.24, 2.45) is 5.92 Å². The molecule has 2 nitrogen and oxygen atoms in total. The van der Waals surface area contributed by atoms with Gasteiger partial charge < -0.3 is 4.74 Å². The van der Waals surface area contributed by atoms with E-state index in [9.17, 15) is 18.0 Å². The van der Waals surface area contributed by atoms with E-state index in [1.165, 1.54) is 0 Å². The van der Waals surface area contributed by atoms with Gasteiger partial charge in [0.15, 0.2) is 0 Å². The van der Waals surface area contributed by atoms with E-state index in [0.29, 0.717) is 0 Å². The fourth-order valence-electron chi connectivity index (χ4n) is 0.587. The van der Waals surface area contributed by atoms with Crippen LogP contribution in [-0.4, -0.2) is 22.5 Å². The van der Waals surface area contributed by atoms with E-state index in [4.69, 9.17) is 34.8 Å². The molecule has 8 heteroatoms. The Balaban J connectivity index is 3.96. The molecule has 0 saturated heterocycles. The molecule has 90 valence electrons. The molecule has 1 atom stereocenters. The van der Waals surface area contributed by atoms with E-state index < -0.39 is 34.9 Å². The number of rotatable bonds is 3. The van der Waals surface area contributed by atoms with E-state index in [1.54, 1.807) is 0 Å². The second-order valence-electron chi connectivity index (χ2n) is 2.92. The van der Waals surface area contributed by atoms with E-state index in [2.05, 4.69) is 4.74 Å². The predicted molar refractivity (Wildman–Crippen MR) is 51.1 cm³/mol. The molecule has 0 fully saturated rings. The molecule has 0 radical (unpaired) electrons. The van der Waals surface area contributed by atoms with Gasteiger partial charge >= 0.3 is 12.1 Å². The highest BCUT2D eigenvalue weighted by atomic mass is 35.6. The standard InChI is InChI=1S/C7H8Cl3F3O2/c1-4(7(11,12)13)2-5(14)15-3-6(8,9)10/h4H,2-3H2,1H3/t4-/m0/s1. The van der Waals surface area contributed by atoms with E-state index in [-0.39, 0.29) is 0 Å². The van der Waals surface area contributed by atoms with Crippen molar-refractivity contribution in [3.8, 4) is 0 Å². The maximum absolute atomic E-state index is 12.0. The third-order valence-corrected chi connectivity index (χ3v) is 1.76. The van der Waals surface area contributed by atoms with Gasteiger partial charge in [-0.15, -0.1) is 0 Å². The summed E-state index contributed by atoms with van der Waals surface area (Å²) in [6.45, 7) is 0.303. The Hall–Kier alpha value is 0.130. The average molecular weight is 287 g/mol. The summed E-state index contributed by atoms with van der Waals surface area (Å²) in [6, 6.07) is 0. The molecule has 0 aromatic rings. The van der Waals surface area contributed by atoms with Gasteiger partial charge in [0.25, 0.3) is 0 Å². The van der Waals surface area contributed by atoms with Gasteiger partial charge in [-0.25, -0.2) is 0 Å². The first-order valence-electron chi connectivity index (χ1n) is 3.81. The molecule has 0 aliphatic carbocycles. The van der Waals surface area contributed by atoms with E-state index in [0.717, 1.165) is 6.92 Å². The van der Waals surface area contributed by atoms with Crippen LogP contribution in [0.15, 0.2) is 0 Å². The van der Waals surface area contributed by atoms with Crippen LogP contribution in [0.2, 0.25) is 0 Å². The lowest BCUT2D eigenvalue weighted by Gasteiger charge is -2.16. The van der Waals surface area contributed by atoms with Crippen molar-refractivity contribution in [1.29, 1.82) is 0 Å². The number of hydrogen-bond donors (Lipinski definition) is 0. The third kappa shape index (κ3) is 7.99. The van der Waals surface area contributed by atoms with Crippen LogP contribution in [0.25, 0.3) is 0 Å². The largest absolute Gasteiger partial charge is 0.461 e. The Bertz CT molecular complexity index is 225. The van der Waals surface area contributed by atoms with Crippen LogP contribution in [-0.2, 0) is 9.53 Å². The van der Waals surface area contributed by atoms with Gasteiger partial charge in [-0.2, -0.15) is 13.2 Å². The van der Waals surface area contributed by atoms with Gasteiger partial charge in [0, 0.05) is 0 Å². The highest BCUT2D eigenvalue weighted by Crippen LogP contribution is 2.29. The van der Waals surface area contributed by atoms with Crippen molar-refractivity contribution in [1.82, 2.24) is 0 Å². The van der Waals surface area contributed by atoms with Gasteiger partial charge in [0.2, 0.25) is 3.79 Å². The van der Waals surface area contributed by atoms with Crippen molar-refractivity contribution in [2.75, 3.05) is 6.61 Å². The monoisotopic (exact) mass is 286 g/mol. The Morgan fingerprint density at radius 2 is 1.80 bits per heavy atom. The fourth-order valence-corrected chi connectivity index (χ4v) is 0.751. The number of alkyl halides is 6. The van der Waals surface area contributed by atoms with Crippen molar-refractivity contribution >= 4 is 40.8 Å². The van der Waals surface area contributed by atoms with Crippen LogP contribution in [0.5, 0.6) is 0 Å². The topological polar surface area (TPSA) is 26.3 Å². The van der Waals surface area contributed by atoms with Crippen LogP contribution in [0.1, 0.15) is 13.3 Å². The van der Waals surface area contributed by atoms with Gasteiger partial charge in [-0.3, -0.25) is 4.79 Å².